The zero-order valence-corrected chi connectivity index (χ0v) is 53.9. The molecule has 2 unspecified atom stereocenters. The van der Waals surface area contributed by atoms with Gasteiger partial charge in [-0.05, 0) is 51.4 Å². The number of carbonyl (C=O) groups excluding carboxylic acids is 2. The van der Waals surface area contributed by atoms with Crippen molar-refractivity contribution in [3.8, 4) is 0 Å². The summed E-state index contributed by atoms with van der Waals surface area (Å²) >= 11 is 0. The van der Waals surface area contributed by atoms with Crippen LogP contribution in [0.5, 0.6) is 0 Å². The third-order valence-electron chi connectivity index (χ3n) is 17.3. The van der Waals surface area contributed by atoms with E-state index in [0.717, 1.165) is 38.5 Å². The highest BCUT2D eigenvalue weighted by atomic mass is 16.5. The van der Waals surface area contributed by atoms with Gasteiger partial charge in [-0.1, -0.05) is 366 Å². The second kappa shape index (κ2) is 69.1. The molecule has 3 N–H and O–H groups in total. The summed E-state index contributed by atoms with van der Waals surface area (Å²) in [5.74, 6) is -0.0193. The molecule has 6 heteroatoms. The maximum atomic E-state index is 12.5. The van der Waals surface area contributed by atoms with E-state index in [0.29, 0.717) is 25.9 Å². The van der Waals surface area contributed by atoms with Crippen LogP contribution in [0, 0.1) is 0 Å². The molecule has 0 fully saturated rings. The molecule has 0 heterocycles. The molecule has 79 heavy (non-hydrogen) atoms. The fourth-order valence-corrected chi connectivity index (χ4v) is 11.8. The van der Waals surface area contributed by atoms with Crippen LogP contribution in [-0.4, -0.2) is 47.4 Å². The lowest BCUT2D eigenvalue weighted by Gasteiger charge is -2.22. The molecule has 0 rings (SSSR count). The average Bonchev–Trinajstić information content (AvgIpc) is 3.45. The van der Waals surface area contributed by atoms with Gasteiger partial charge in [-0.3, -0.25) is 9.59 Å². The number of hydrogen-bond donors (Lipinski definition) is 3. The van der Waals surface area contributed by atoms with Gasteiger partial charge in [0.1, 0.15) is 0 Å². The molecule has 470 valence electrons. The van der Waals surface area contributed by atoms with E-state index >= 15 is 0 Å². The minimum Gasteiger partial charge on any atom is -0.466 e. The Labute approximate surface area is 495 Å². The van der Waals surface area contributed by atoms with Gasteiger partial charge in [0, 0.05) is 12.8 Å². The van der Waals surface area contributed by atoms with E-state index in [1.165, 1.54) is 347 Å². The maximum Gasteiger partial charge on any atom is 0.305 e. The topological polar surface area (TPSA) is 95.9 Å². The van der Waals surface area contributed by atoms with Crippen LogP contribution in [-0.2, 0) is 14.3 Å². The van der Waals surface area contributed by atoms with Gasteiger partial charge < -0.3 is 20.3 Å². The molecule has 0 aliphatic rings. The Morgan fingerprint density at radius 2 is 0.595 bits per heavy atom. The summed E-state index contributed by atoms with van der Waals surface area (Å²) in [5, 5.41) is 23.4. The quantitative estimate of drug-likeness (QED) is 0.0320. The van der Waals surface area contributed by atoms with Gasteiger partial charge >= 0.3 is 5.97 Å². The summed E-state index contributed by atoms with van der Waals surface area (Å²) in [5.41, 5.74) is 0. The number of nitrogens with one attached hydrogen (secondary N) is 1. The van der Waals surface area contributed by atoms with Gasteiger partial charge in [-0.2, -0.15) is 0 Å². The molecule has 0 saturated heterocycles. The van der Waals surface area contributed by atoms with Crippen molar-refractivity contribution in [3.63, 3.8) is 0 Å². The lowest BCUT2D eigenvalue weighted by molar-refractivity contribution is -0.143. The number of carbonyl (C=O) groups is 2. The molecule has 0 aliphatic carbocycles. The Morgan fingerprint density at radius 3 is 0.899 bits per heavy atom. The first-order valence-electron chi connectivity index (χ1n) is 36.4. The lowest BCUT2D eigenvalue weighted by atomic mass is 10.0. The molecule has 0 aliphatic heterocycles. The zero-order chi connectivity index (χ0) is 57.1. The predicted octanol–water partition coefficient (Wildman–Crippen LogP) is 23.5. The van der Waals surface area contributed by atoms with Gasteiger partial charge in [-0.25, -0.2) is 0 Å². The normalized spacial score (nSPS) is 12.5. The van der Waals surface area contributed by atoms with Crippen molar-refractivity contribution in [2.75, 3.05) is 13.2 Å². The van der Waals surface area contributed by atoms with E-state index in [1.807, 2.05) is 0 Å². The van der Waals surface area contributed by atoms with E-state index in [4.69, 9.17) is 4.74 Å². The molecule has 0 radical (unpaired) electrons. The van der Waals surface area contributed by atoms with Gasteiger partial charge in [0.25, 0.3) is 0 Å². The third-order valence-corrected chi connectivity index (χ3v) is 17.3. The molecule has 0 spiro atoms. The van der Waals surface area contributed by atoms with Crippen LogP contribution in [0.1, 0.15) is 418 Å². The summed E-state index contributed by atoms with van der Waals surface area (Å²) in [6.07, 6.45) is 85.5. The minimum atomic E-state index is -0.669. The van der Waals surface area contributed by atoms with Crippen molar-refractivity contribution in [1.82, 2.24) is 5.32 Å². The van der Waals surface area contributed by atoms with Crippen molar-refractivity contribution in [2.24, 2.45) is 0 Å². The molecule has 0 aromatic carbocycles. The number of aliphatic hydroxyl groups is 2. The molecule has 0 bridgehead atoms. The first-order valence-corrected chi connectivity index (χ1v) is 36.4. The Hall–Kier alpha value is -1.40. The number of unbranched alkanes of at least 4 members (excludes halogenated alkanes) is 56. The number of esters is 1. The monoisotopic (exact) mass is 1110 g/mol. The van der Waals surface area contributed by atoms with Gasteiger partial charge in [0.05, 0.1) is 25.4 Å². The SMILES string of the molecule is CCCCCCCCCCCCCCCCCCCCCCCCC(O)C(CO)NC(=O)CCCCCCCCC/C=C\CCCCCCCCCCCCCCOC(=O)CCCCCCCCCCCCCCCCCCC. The zero-order valence-electron chi connectivity index (χ0n) is 53.9. The van der Waals surface area contributed by atoms with Gasteiger partial charge in [0.15, 0.2) is 0 Å². The molecule has 0 saturated carbocycles. The molecular weight excluding hydrogens is 971 g/mol. The van der Waals surface area contributed by atoms with Crippen molar-refractivity contribution in [3.05, 3.63) is 12.2 Å². The molecular formula is C73H143NO5. The first-order chi connectivity index (χ1) is 39.0. The van der Waals surface area contributed by atoms with Crippen LogP contribution in [0.2, 0.25) is 0 Å². The highest BCUT2D eigenvalue weighted by Gasteiger charge is 2.20. The van der Waals surface area contributed by atoms with Crippen LogP contribution >= 0.6 is 0 Å². The summed E-state index contributed by atoms with van der Waals surface area (Å²) in [7, 11) is 0. The molecule has 6 nitrogen and oxygen atoms in total. The summed E-state index contributed by atoms with van der Waals surface area (Å²) < 4.78 is 5.51. The van der Waals surface area contributed by atoms with Crippen molar-refractivity contribution in [1.29, 1.82) is 0 Å². The van der Waals surface area contributed by atoms with E-state index in [9.17, 15) is 19.8 Å². The summed E-state index contributed by atoms with van der Waals surface area (Å²) in [6, 6.07) is -0.547. The van der Waals surface area contributed by atoms with E-state index < -0.39 is 12.1 Å². The predicted molar refractivity (Wildman–Crippen MR) is 347 cm³/mol. The number of amides is 1. The lowest BCUT2D eigenvalue weighted by Crippen LogP contribution is -2.45. The van der Waals surface area contributed by atoms with E-state index in [2.05, 4.69) is 31.3 Å². The standard InChI is InChI=1S/C73H143NO5/c1-3-5-7-9-11-13-15-17-19-21-22-23-27-30-34-37-41-45-49-53-57-61-65-71(76)70(69-75)74-72(77)66-62-58-54-50-46-42-38-35-31-28-25-24-26-29-32-36-40-44-48-52-56-60-64-68-79-73(78)67-63-59-55-51-47-43-39-33-20-18-16-14-12-10-8-6-4-2/h28,31,70-71,75-76H,3-27,29-30,32-69H2,1-2H3,(H,74,77)/b31-28-. The summed E-state index contributed by atoms with van der Waals surface area (Å²) in [6.45, 7) is 5.00. The number of allylic oxidation sites excluding steroid dienone is 2. The van der Waals surface area contributed by atoms with Crippen molar-refractivity contribution < 1.29 is 24.5 Å². The fourth-order valence-electron chi connectivity index (χ4n) is 11.8. The Morgan fingerprint density at radius 1 is 0.342 bits per heavy atom. The first kappa shape index (κ1) is 77.6. The summed E-state index contributed by atoms with van der Waals surface area (Å²) in [4.78, 5) is 24.7. The average molecular weight is 1110 g/mol. The van der Waals surface area contributed by atoms with E-state index in [-0.39, 0.29) is 18.5 Å². The molecule has 2 atom stereocenters. The Bertz CT molecular complexity index is 1190. The third kappa shape index (κ3) is 65.6. The van der Waals surface area contributed by atoms with Crippen molar-refractivity contribution >= 4 is 11.9 Å². The maximum absolute atomic E-state index is 12.5. The van der Waals surface area contributed by atoms with Crippen LogP contribution in [0.4, 0.5) is 0 Å². The van der Waals surface area contributed by atoms with E-state index in [1.54, 1.807) is 0 Å². The number of aliphatic hydroxyl groups excluding tert-OH is 2. The molecule has 0 aromatic rings. The molecule has 1 amide bonds. The minimum absolute atomic E-state index is 0.0168. The number of ether oxygens (including phenoxy) is 1. The Kier molecular flexibility index (Phi) is 67.9. The van der Waals surface area contributed by atoms with Crippen LogP contribution in [0.15, 0.2) is 12.2 Å². The number of hydrogen-bond acceptors (Lipinski definition) is 5. The second-order valence-electron chi connectivity index (χ2n) is 25.3. The van der Waals surface area contributed by atoms with Crippen LogP contribution in [0.25, 0.3) is 0 Å². The van der Waals surface area contributed by atoms with Crippen LogP contribution < -0.4 is 5.32 Å². The molecule has 0 aromatic heterocycles. The highest BCUT2D eigenvalue weighted by Crippen LogP contribution is 2.19. The Balaban J connectivity index is 3.39. The highest BCUT2D eigenvalue weighted by molar-refractivity contribution is 5.76. The van der Waals surface area contributed by atoms with Gasteiger partial charge in [-0.15, -0.1) is 0 Å². The smallest absolute Gasteiger partial charge is 0.305 e. The van der Waals surface area contributed by atoms with Gasteiger partial charge in [0.2, 0.25) is 5.91 Å². The number of rotatable bonds is 69. The van der Waals surface area contributed by atoms with Crippen molar-refractivity contribution in [2.45, 2.75) is 431 Å². The largest absolute Gasteiger partial charge is 0.466 e. The van der Waals surface area contributed by atoms with Crippen LogP contribution in [0.3, 0.4) is 0 Å². The second-order valence-corrected chi connectivity index (χ2v) is 25.3. The fraction of sp³-hybridized carbons (Fsp3) is 0.945.